The van der Waals surface area contributed by atoms with Crippen molar-refractivity contribution in [3.8, 4) is 12.0 Å². The molecule has 3 rings (SSSR count). The molecule has 1 aromatic carbocycles. The Kier molecular flexibility index (Phi) is 11.7. The number of morpholine rings is 1. The van der Waals surface area contributed by atoms with Crippen LogP contribution in [0.1, 0.15) is 35.8 Å². The van der Waals surface area contributed by atoms with Crippen molar-refractivity contribution in [2.45, 2.75) is 32.7 Å². The van der Waals surface area contributed by atoms with Gasteiger partial charge in [0.05, 0.1) is 13.2 Å². The summed E-state index contributed by atoms with van der Waals surface area (Å²) in [6, 6.07) is 10.4. The highest BCUT2D eigenvalue weighted by molar-refractivity contribution is 7.10. The first-order valence-electron chi connectivity index (χ1n) is 12.1. The summed E-state index contributed by atoms with van der Waals surface area (Å²) in [5.74, 6) is 2.81. The molecule has 0 bridgehead atoms. The van der Waals surface area contributed by atoms with Crippen LogP contribution in [-0.2, 0) is 22.4 Å². The van der Waals surface area contributed by atoms with E-state index in [0.717, 1.165) is 68.1 Å². The van der Waals surface area contributed by atoms with Crippen LogP contribution in [0.4, 0.5) is 5.69 Å². The zero-order valence-corrected chi connectivity index (χ0v) is 21.7. The van der Waals surface area contributed by atoms with Gasteiger partial charge >= 0.3 is 0 Å². The van der Waals surface area contributed by atoms with Crippen LogP contribution in [0.2, 0.25) is 0 Å². The van der Waals surface area contributed by atoms with Gasteiger partial charge in [-0.2, -0.15) is 0 Å². The molecule has 1 fully saturated rings. The molecule has 2 N–H and O–H groups in total. The lowest BCUT2D eigenvalue weighted by Gasteiger charge is -2.25. The van der Waals surface area contributed by atoms with Gasteiger partial charge in [-0.05, 0) is 59.0 Å². The van der Waals surface area contributed by atoms with Gasteiger partial charge in [-0.1, -0.05) is 30.7 Å². The number of rotatable bonds is 12. The predicted octanol–water partition coefficient (Wildman–Crippen LogP) is 6.10. The molecule has 0 aliphatic carbocycles. The SMILES string of the molecule is C=C(/C=C\N=CC/C=C\Nc1ccc(CCC(=N)OC#CC)cc1)c1csc(CN2CCOCC2)c1. The van der Waals surface area contributed by atoms with E-state index in [2.05, 4.69) is 45.3 Å². The third-order valence-corrected chi connectivity index (χ3v) is 6.38. The van der Waals surface area contributed by atoms with E-state index in [1.807, 2.05) is 48.8 Å². The van der Waals surface area contributed by atoms with Crippen molar-refractivity contribution in [1.82, 2.24) is 4.90 Å². The third kappa shape index (κ3) is 10.0. The number of benzene rings is 1. The molecule has 1 aliphatic heterocycles. The summed E-state index contributed by atoms with van der Waals surface area (Å²) in [4.78, 5) is 8.12. The molecule has 2 aromatic rings. The average Bonchev–Trinajstić information content (AvgIpc) is 3.37. The van der Waals surface area contributed by atoms with Crippen molar-refractivity contribution in [2.24, 2.45) is 4.99 Å². The van der Waals surface area contributed by atoms with Gasteiger partial charge in [0.2, 0.25) is 0 Å². The minimum Gasteiger partial charge on any atom is -0.393 e. The Morgan fingerprint density at radius 1 is 1.31 bits per heavy atom. The van der Waals surface area contributed by atoms with Gasteiger partial charge in [0.15, 0.2) is 5.90 Å². The van der Waals surface area contributed by atoms with Crippen molar-refractivity contribution >= 4 is 34.7 Å². The Hall–Kier alpha value is -3.44. The maximum absolute atomic E-state index is 7.69. The van der Waals surface area contributed by atoms with Crippen molar-refractivity contribution < 1.29 is 9.47 Å². The molecule has 1 aliphatic rings. The highest BCUT2D eigenvalue weighted by Crippen LogP contribution is 2.23. The van der Waals surface area contributed by atoms with Crippen LogP contribution in [0.25, 0.3) is 5.57 Å². The fraction of sp³-hybridized carbons (Fsp3) is 0.310. The lowest BCUT2D eigenvalue weighted by molar-refractivity contribution is 0.0346. The van der Waals surface area contributed by atoms with Gasteiger partial charge in [-0.15, -0.1) is 11.3 Å². The first kappa shape index (κ1) is 27.2. The van der Waals surface area contributed by atoms with E-state index >= 15 is 0 Å². The van der Waals surface area contributed by atoms with Gasteiger partial charge in [0.1, 0.15) is 6.11 Å². The minimum atomic E-state index is 0.190. The van der Waals surface area contributed by atoms with Crippen molar-refractivity contribution in [3.63, 3.8) is 0 Å². The molecular formula is C29H34N4O2S. The van der Waals surface area contributed by atoms with E-state index in [4.69, 9.17) is 14.9 Å². The molecule has 6 nitrogen and oxygen atoms in total. The number of ether oxygens (including phenoxy) is 2. The molecule has 0 saturated carbocycles. The smallest absolute Gasteiger partial charge is 0.199 e. The van der Waals surface area contributed by atoms with Crippen LogP contribution in [-0.4, -0.2) is 43.3 Å². The Morgan fingerprint density at radius 3 is 2.89 bits per heavy atom. The fourth-order valence-corrected chi connectivity index (χ4v) is 4.39. The van der Waals surface area contributed by atoms with Crippen LogP contribution in [0.15, 0.2) is 71.8 Å². The third-order valence-electron chi connectivity index (χ3n) is 5.46. The number of thiophene rings is 1. The maximum atomic E-state index is 7.69. The normalized spacial score (nSPS) is 14.2. The van der Waals surface area contributed by atoms with Gasteiger partial charge in [0.25, 0.3) is 0 Å². The lowest BCUT2D eigenvalue weighted by Crippen LogP contribution is -2.35. The first-order valence-corrected chi connectivity index (χ1v) is 12.9. The zero-order chi connectivity index (χ0) is 25.4. The monoisotopic (exact) mass is 502 g/mol. The highest BCUT2D eigenvalue weighted by Gasteiger charge is 2.12. The summed E-state index contributed by atoms with van der Waals surface area (Å²) in [6.07, 6.45) is 14.0. The van der Waals surface area contributed by atoms with E-state index in [1.54, 1.807) is 24.5 Å². The second-order valence-corrected chi connectivity index (χ2v) is 9.22. The predicted molar refractivity (Wildman–Crippen MR) is 151 cm³/mol. The molecular weight excluding hydrogens is 468 g/mol. The summed E-state index contributed by atoms with van der Waals surface area (Å²) in [7, 11) is 0. The standard InChI is InChI=1S/C29H34N4O2S/c1-3-18-35-29(30)11-8-25-6-9-27(10-7-25)32-14-5-4-13-31-15-12-24(2)26-21-28(36-23-26)22-33-16-19-34-20-17-33/h5-7,9-10,12-15,21,23,30,32H,2,4,8,11,16-17,19-20,22H2,1H3/b14-5-,15-12-,30-29?,31-13?. The van der Waals surface area contributed by atoms with E-state index in [-0.39, 0.29) is 5.90 Å². The van der Waals surface area contributed by atoms with E-state index in [1.165, 1.54) is 4.88 Å². The fourth-order valence-electron chi connectivity index (χ4n) is 3.44. The van der Waals surface area contributed by atoms with Crippen LogP contribution < -0.4 is 5.32 Å². The van der Waals surface area contributed by atoms with Crippen LogP contribution in [0, 0.1) is 17.4 Å². The number of hydrogen-bond donors (Lipinski definition) is 2. The number of anilines is 1. The molecule has 0 spiro atoms. The lowest BCUT2D eigenvalue weighted by atomic mass is 10.1. The minimum absolute atomic E-state index is 0.190. The van der Waals surface area contributed by atoms with Gasteiger partial charge in [-0.3, -0.25) is 15.3 Å². The summed E-state index contributed by atoms with van der Waals surface area (Å²) in [6.45, 7) is 10.5. The van der Waals surface area contributed by atoms with Crippen LogP contribution in [0.5, 0.6) is 0 Å². The molecule has 0 unspecified atom stereocenters. The van der Waals surface area contributed by atoms with Crippen LogP contribution >= 0.6 is 11.3 Å². The summed E-state index contributed by atoms with van der Waals surface area (Å²) in [5, 5.41) is 13.1. The highest BCUT2D eigenvalue weighted by atomic mass is 32.1. The second kappa shape index (κ2) is 15.5. The van der Waals surface area contributed by atoms with E-state index in [0.29, 0.717) is 6.42 Å². The van der Waals surface area contributed by atoms with E-state index < -0.39 is 0 Å². The van der Waals surface area contributed by atoms with Crippen molar-refractivity contribution in [3.05, 3.63) is 82.8 Å². The first-order chi connectivity index (χ1) is 17.6. The van der Waals surface area contributed by atoms with Gasteiger partial charge in [0, 0.05) is 62.4 Å². The van der Waals surface area contributed by atoms with E-state index in [9.17, 15) is 0 Å². The zero-order valence-electron chi connectivity index (χ0n) is 20.8. The maximum Gasteiger partial charge on any atom is 0.199 e. The number of nitrogens with one attached hydrogen (secondary N) is 2. The Balaban J connectivity index is 1.32. The average molecular weight is 503 g/mol. The number of nitrogens with zero attached hydrogens (tertiary/aromatic N) is 2. The number of allylic oxidation sites excluding steroid dienone is 3. The molecule has 0 amide bonds. The second-order valence-electron chi connectivity index (χ2n) is 8.22. The largest absolute Gasteiger partial charge is 0.393 e. The number of aryl methyl sites for hydroxylation is 1. The topological polar surface area (TPSA) is 69.9 Å². The molecule has 36 heavy (non-hydrogen) atoms. The quantitative estimate of drug-likeness (QED) is 0.159. The Bertz CT molecular complexity index is 1130. The molecule has 1 saturated heterocycles. The molecule has 1 aromatic heterocycles. The summed E-state index contributed by atoms with van der Waals surface area (Å²) >= 11 is 1.78. The van der Waals surface area contributed by atoms with Crippen LogP contribution in [0.3, 0.4) is 0 Å². The molecule has 7 heteroatoms. The number of hydrogen-bond acceptors (Lipinski definition) is 7. The van der Waals surface area contributed by atoms with Gasteiger partial charge < -0.3 is 14.8 Å². The molecule has 0 radical (unpaired) electrons. The molecule has 188 valence electrons. The number of aliphatic imine (C=N–C) groups is 1. The Labute approximate surface area is 218 Å². The van der Waals surface area contributed by atoms with Crippen molar-refractivity contribution in [2.75, 3.05) is 31.6 Å². The Morgan fingerprint density at radius 2 is 2.11 bits per heavy atom. The molecule has 2 heterocycles. The van der Waals surface area contributed by atoms with Gasteiger partial charge in [-0.25, -0.2) is 0 Å². The summed E-state index contributed by atoms with van der Waals surface area (Å²) < 4.78 is 10.4. The van der Waals surface area contributed by atoms with Crippen molar-refractivity contribution in [1.29, 1.82) is 5.41 Å². The molecule has 0 atom stereocenters. The summed E-state index contributed by atoms with van der Waals surface area (Å²) in [5.41, 5.74) is 4.28.